The maximum absolute atomic E-state index is 8.17. The Bertz CT molecular complexity index is 31.2. The van der Waals surface area contributed by atoms with Crippen molar-refractivity contribution in [3.8, 4) is 0 Å². The van der Waals surface area contributed by atoms with Gasteiger partial charge in [-0.05, 0) is 0 Å². The Morgan fingerprint density at radius 2 is 1.38 bits per heavy atom. The summed E-state index contributed by atoms with van der Waals surface area (Å²) < 4.78 is 0. The number of halogens is 2. The largest absolute Gasteiger partial charge is 0.396 e. The first-order valence-electron chi connectivity index (χ1n) is 2.03. The second-order valence-electron chi connectivity index (χ2n) is 1.47. The molecule has 0 atom stereocenters. The molecule has 54 valence electrons. The van der Waals surface area contributed by atoms with Crippen molar-refractivity contribution >= 4 is 24.8 Å². The molecule has 0 aliphatic rings. The summed E-state index contributed by atoms with van der Waals surface area (Å²) in [7, 11) is 0. The molecule has 0 amide bonds. The molecule has 0 heterocycles. The van der Waals surface area contributed by atoms with E-state index >= 15 is 0 Å². The van der Waals surface area contributed by atoms with Gasteiger partial charge in [-0.2, -0.15) is 0 Å². The van der Waals surface area contributed by atoms with Gasteiger partial charge in [0.15, 0.2) is 0 Å². The lowest BCUT2D eigenvalue weighted by molar-refractivity contribution is 0.162. The lowest BCUT2D eigenvalue weighted by Crippen LogP contribution is -2.04. The molecule has 8 heavy (non-hydrogen) atoms. The van der Waals surface area contributed by atoms with Crippen molar-refractivity contribution < 1.29 is 10.2 Å². The van der Waals surface area contributed by atoms with Crippen LogP contribution in [-0.4, -0.2) is 23.4 Å². The molecule has 2 nitrogen and oxygen atoms in total. The first-order valence-corrected chi connectivity index (χ1v) is 2.03. The molecule has 0 aromatic heterocycles. The van der Waals surface area contributed by atoms with Crippen LogP contribution in [0.15, 0.2) is 0 Å². The third-order valence-electron chi connectivity index (χ3n) is 0.623. The van der Waals surface area contributed by atoms with Crippen molar-refractivity contribution in [3.63, 3.8) is 0 Å². The van der Waals surface area contributed by atoms with E-state index in [0.29, 0.717) is 0 Å². The first kappa shape index (κ1) is 15.8. The molecular weight excluding hydrogens is 151 g/mol. The van der Waals surface area contributed by atoms with E-state index in [1.165, 1.54) is 0 Å². The Kier molecular flexibility index (Phi) is 20.7. The number of hydrogen-bond donors (Lipinski definition) is 2. The zero-order chi connectivity index (χ0) is 4.99. The minimum Gasteiger partial charge on any atom is -0.396 e. The summed E-state index contributed by atoms with van der Waals surface area (Å²) in [4.78, 5) is 0. The zero-order valence-electron chi connectivity index (χ0n) is 4.70. The first-order chi connectivity index (χ1) is 2.81. The fourth-order valence-corrected chi connectivity index (χ4v) is 0.0577. The summed E-state index contributed by atoms with van der Waals surface area (Å²) in [6.07, 6.45) is 0. The average Bonchev–Trinajstić information content (AvgIpc) is 1.65. The summed E-state index contributed by atoms with van der Waals surface area (Å²) >= 11 is 0. The van der Waals surface area contributed by atoms with Crippen LogP contribution in [0.1, 0.15) is 6.92 Å². The quantitative estimate of drug-likeness (QED) is 0.620. The van der Waals surface area contributed by atoms with Gasteiger partial charge < -0.3 is 10.2 Å². The van der Waals surface area contributed by atoms with E-state index in [2.05, 4.69) is 0 Å². The molecule has 0 spiro atoms. The Morgan fingerprint density at radius 3 is 1.38 bits per heavy atom. The van der Waals surface area contributed by atoms with Gasteiger partial charge in [0.1, 0.15) is 0 Å². The minimum absolute atomic E-state index is 0. The number of aliphatic hydroxyl groups is 2. The third kappa shape index (κ3) is 9.71. The third-order valence-corrected chi connectivity index (χ3v) is 0.623. The van der Waals surface area contributed by atoms with Gasteiger partial charge in [-0.3, -0.25) is 0 Å². The minimum atomic E-state index is 0. The van der Waals surface area contributed by atoms with E-state index in [0.717, 1.165) is 0 Å². The molecule has 0 rings (SSSR count). The predicted octanol–water partition coefficient (Wildman–Crippen LogP) is 0.451. The van der Waals surface area contributed by atoms with Gasteiger partial charge in [0.05, 0.1) is 0 Å². The van der Waals surface area contributed by atoms with E-state index in [-0.39, 0.29) is 43.9 Å². The molecule has 0 saturated carbocycles. The van der Waals surface area contributed by atoms with Crippen LogP contribution >= 0.6 is 24.8 Å². The Labute approximate surface area is 61.7 Å². The maximum Gasteiger partial charge on any atom is 0.0478 e. The SMILES string of the molecule is CC(CO)CO.Cl.Cl. The van der Waals surface area contributed by atoms with E-state index in [4.69, 9.17) is 10.2 Å². The summed E-state index contributed by atoms with van der Waals surface area (Å²) in [5.41, 5.74) is 0. The Morgan fingerprint density at radius 1 is 1.12 bits per heavy atom. The highest BCUT2D eigenvalue weighted by atomic mass is 35.5. The molecule has 0 radical (unpaired) electrons. The lowest BCUT2D eigenvalue weighted by atomic mass is 10.2. The molecule has 0 unspecified atom stereocenters. The molecule has 4 heteroatoms. The van der Waals surface area contributed by atoms with Gasteiger partial charge in [-0.25, -0.2) is 0 Å². The monoisotopic (exact) mass is 162 g/mol. The molecule has 0 aromatic rings. The van der Waals surface area contributed by atoms with Crippen molar-refractivity contribution in [2.75, 3.05) is 13.2 Å². The fourth-order valence-electron chi connectivity index (χ4n) is 0.0577. The van der Waals surface area contributed by atoms with Crippen molar-refractivity contribution in [2.45, 2.75) is 6.92 Å². The Hall–Kier alpha value is 0.500. The van der Waals surface area contributed by atoms with Gasteiger partial charge in [0, 0.05) is 19.1 Å². The second kappa shape index (κ2) is 10.5. The van der Waals surface area contributed by atoms with Gasteiger partial charge in [-0.15, -0.1) is 24.8 Å². The van der Waals surface area contributed by atoms with Crippen LogP contribution < -0.4 is 0 Å². The van der Waals surface area contributed by atoms with E-state index in [1.807, 2.05) is 0 Å². The normalized spacial score (nSPS) is 7.50. The highest BCUT2D eigenvalue weighted by Crippen LogP contribution is 1.85. The van der Waals surface area contributed by atoms with Crippen LogP contribution in [0.5, 0.6) is 0 Å². The molecule has 0 aromatic carbocycles. The molecular formula is C4H12Cl2O2. The fraction of sp³-hybridized carbons (Fsp3) is 1.00. The van der Waals surface area contributed by atoms with E-state index < -0.39 is 0 Å². The van der Waals surface area contributed by atoms with Crippen LogP contribution in [0.25, 0.3) is 0 Å². The zero-order valence-corrected chi connectivity index (χ0v) is 6.34. The number of aliphatic hydroxyl groups excluding tert-OH is 2. The van der Waals surface area contributed by atoms with E-state index in [1.54, 1.807) is 6.92 Å². The predicted molar refractivity (Wildman–Crippen MR) is 37.8 cm³/mol. The maximum atomic E-state index is 8.17. The van der Waals surface area contributed by atoms with Crippen LogP contribution in [0.4, 0.5) is 0 Å². The topological polar surface area (TPSA) is 40.5 Å². The highest BCUT2D eigenvalue weighted by Gasteiger charge is 1.91. The molecule has 0 saturated heterocycles. The van der Waals surface area contributed by atoms with Gasteiger partial charge >= 0.3 is 0 Å². The molecule has 0 aliphatic heterocycles. The van der Waals surface area contributed by atoms with Crippen LogP contribution in [0.2, 0.25) is 0 Å². The van der Waals surface area contributed by atoms with Crippen molar-refractivity contribution in [2.24, 2.45) is 5.92 Å². The van der Waals surface area contributed by atoms with Gasteiger partial charge in [-0.1, -0.05) is 6.92 Å². The molecule has 2 N–H and O–H groups in total. The van der Waals surface area contributed by atoms with E-state index in [9.17, 15) is 0 Å². The van der Waals surface area contributed by atoms with Gasteiger partial charge in [0.25, 0.3) is 0 Å². The molecule has 0 fully saturated rings. The Balaban J connectivity index is -0.000000125. The molecule has 0 bridgehead atoms. The van der Waals surface area contributed by atoms with Crippen molar-refractivity contribution in [3.05, 3.63) is 0 Å². The smallest absolute Gasteiger partial charge is 0.0478 e. The number of rotatable bonds is 2. The highest BCUT2D eigenvalue weighted by molar-refractivity contribution is 5.85. The number of hydrogen-bond acceptors (Lipinski definition) is 2. The summed E-state index contributed by atoms with van der Waals surface area (Å²) in [6.45, 7) is 1.94. The second-order valence-corrected chi connectivity index (χ2v) is 1.47. The average molecular weight is 163 g/mol. The summed E-state index contributed by atoms with van der Waals surface area (Å²) in [5.74, 6) is 0.0463. The van der Waals surface area contributed by atoms with Crippen molar-refractivity contribution in [1.82, 2.24) is 0 Å². The standard InChI is InChI=1S/C4H10O2.2ClH/c1-4(2-5)3-6;;/h4-6H,2-3H2,1H3;2*1H. The van der Waals surface area contributed by atoms with Crippen LogP contribution in [0.3, 0.4) is 0 Å². The summed E-state index contributed by atoms with van der Waals surface area (Å²) in [5, 5.41) is 16.3. The lowest BCUT2D eigenvalue weighted by Gasteiger charge is -1.97. The van der Waals surface area contributed by atoms with Crippen LogP contribution in [-0.2, 0) is 0 Å². The molecule has 0 aliphatic carbocycles. The van der Waals surface area contributed by atoms with Crippen LogP contribution in [0, 0.1) is 5.92 Å². The van der Waals surface area contributed by atoms with Gasteiger partial charge in [0.2, 0.25) is 0 Å². The summed E-state index contributed by atoms with van der Waals surface area (Å²) in [6, 6.07) is 0. The van der Waals surface area contributed by atoms with Crippen molar-refractivity contribution in [1.29, 1.82) is 0 Å².